The molecule has 0 saturated heterocycles. The van der Waals surface area contributed by atoms with Crippen molar-refractivity contribution in [3.8, 4) is 0 Å². The summed E-state index contributed by atoms with van der Waals surface area (Å²) in [7, 11) is 0. The second-order valence-corrected chi connectivity index (χ2v) is 2.32. The molecule has 0 saturated carbocycles. The summed E-state index contributed by atoms with van der Waals surface area (Å²) in [5, 5.41) is 10.3. The molecule has 0 aromatic carbocycles. The SMILES string of the molecule is OC=C1CC=CS1. The Morgan fingerprint density at radius 3 is 3.00 bits per heavy atom. The summed E-state index contributed by atoms with van der Waals surface area (Å²) in [5.74, 6) is 0. The zero-order valence-electron chi connectivity index (χ0n) is 3.79. The van der Waals surface area contributed by atoms with Crippen LogP contribution in [-0.4, -0.2) is 5.11 Å². The van der Waals surface area contributed by atoms with Crippen molar-refractivity contribution in [3.05, 3.63) is 22.7 Å². The van der Waals surface area contributed by atoms with Crippen LogP contribution >= 0.6 is 11.8 Å². The first kappa shape index (κ1) is 4.78. The van der Waals surface area contributed by atoms with E-state index in [0.29, 0.717) is 0 Å². The first-order chi connectivity index (χ1) is 3.43. The smallest absolute Gasteiger partial charge is 0.0893 e. The number of aliphatic hydroxyl groups excluding tert-OH is 1. The third-order valence-electron chi connectivity index (χ3n) is 0.779. The minimum Gasteiger partial charge on any atom is -0.515 e. The topological polar surface area (TPSA) is 20.2 Å². The Labute approximate surface area is 46.7 Å². The number of thioether (sulfide) groups is 1. The monoisotopic (exact) mass is 114 g/mol. The second-order valence-electron chi connectivity index (χ2n) is 1.29. The van der Waals surface area contributed by atoms with Gasteiger partial charge in [-0.25, -0.2) is 0 Å². The van der Waals surface area contributed by atoms with Crippen LogP contribution in [0.25, 0.3) is 0 Å². The maximum Gasteiger partial charge on any atom is 0.0893 e. The Balaban J connectivity index is 2.51. The minimum atomic E-state index is 0.904. The summed E-state index contributed by atoms with van der Waals surface area (Å²) in [6, 6.07) is 0. The Hall–Kier alpha value is -0.370. The van der Waals surface area contributed by atoms with E-state index in [1.165, 1.54) is 0 Å². The maximum atomic E-state index is 8.34. The van der Waals surface area contributed by atoms with Gasteiger partial charge in [0.15, 0.2) is 0 Å². The van der Waals surface area contributed by atoms with Crippen LogP contribution in [-0.2, 0) is 0 Å². The molecule has 0 amide bonds. The molecule has 0 unspecified atom stereocenters. The first-order valence-electron chi connectivity index (χ1n) is 2.08. The van der Waals surface area contributed by atoms with Gasteiger partial charge in [0.1, 0.15) is 0 Å². The zero-order valence-corrected chi connectivity index (χ0v) is 4.61. The Kier molecular flexibility index (Phi) is 1.42. The van der Waals surface area contributed by atoms with Gasteiger partial charge in [0.05, 0.1) is 6.26 Å². The molecule has 2 heteroatoms. The molecule has 7 heavy (non-hydrogen) atoms. The van der Waals surface area contributed by atoms with E-state index < -0.39 is 0 Å². The van der Waals surface area contributed by atoms with E-state index in [1.54, 1.807) is 11.8 Å². The molecule has 1 aliphatic heterocycles. The van der Waals surface area contributed by atoms with Crippen molar-refractivity contribution >= 4 is 11.8 Å². The standard InChI is InChI=1S/C5H6OS/c6-4-5-2-1-3-7-5/h1,3-4,6H,2H2. The Bertz CT molecular complexity index is 105. The van der Waals surface area contributed by atoms with Crippen LogP contribution in [0.1, 0.15) is 6.42 Å². The van der Waals surface area contributed by atoms with E-state index in [9.17, 15) is 0 Å². The molecular weight excluding hydrogens is 108 g/mol. The van der Waals surface area contributed by atoms with Gasteiger partial charge >= 0.3 is 0 Å². The summed E-state index contributed by atoms with van der Waals surface area (Å²) in [4.78, 5) is 1.03. The minimum absolute atomic E-state index is 0.904. The molecule has 1 N–H and O–H groups in total. The number of hydrogen-bond donors (Lipinski definition) is 1. The van der Waals surface area contributed by atoms with Gasteiger partial charge in [-0.15, -0.1) is 0 Å². The van der Waals surface area contributed by atoms with E-state index in [-0.39, 0.29) is 0 Å². The molecule has 1 aliphatic rings. The van der Waals surface area contributed by atoms with Gasteiger partial charge in [0.25, 0.3) is 0 Å². The quantitative estimate of drug-likeness (QED) is 0.486. The molecule has 0 bridgehead atoms. The molecule has 0 fully saturated rings. The third kappa shape index (κ3) is 0.996. The van der Waals surface area contributed by atoms with Crippen LogP contribution in [0.4, 0.5) is 0 Å². The van der Waals surface area contributed by atoms with E-state index in [0.717, 1.165) is 17.6 Å². The van der Waals surface area contributed by atoms with Gasteiger partial charge in [-0.2, -0.15) is 0 Å². The molecule has 1 heterocycles. The van der Waals surface area contributed by atoms with Gasteiger partial charge < -0.3 is 5.11 Å². The van der Waals surface area contributed by atoms with Crippen molar-refractivity contribution in [1.82, 2.24) is 0 Å². The highest BCUT2D eigenvalue weighted by Crippen LogP contribution is 2.26. The van der Waals surface area contributed by atoms with Crippen molar-refractivity contribution in [2.24, 2.45) is 0 Å². The van der Waals surface area contributed by atoms with Crippen LogP contribution in [0.5, 0.6) is 0 Å². The molecular formula is C5H6OS. The second kappa shape index (κ2) is 2.07. The van der Waals surface area contributed by atoms with Crippen LogP contribution in [0, 0.1) is 0 Å². The van der Waals surface area contributed by atoms with Crippen LogP contribution < -0.4 is 0 Å². The number of aliphatic hydroxyl groups is 1. The molecule has 0 aromatic rings. The molecule has 0 aromatic heterocycles. The van der Waals surface area contributed by atoms with E-state index >= 15 is 0 Å². The summed E-state index contributed by atoms with van der Waals surface area (Å²) in [6.45, 7) is 0. The van der Waals surface area contributed by atoms with E-state index in [4.69, 9.17) is 5.11 Å². The fourth-order valence-electron chi connectivity index (χ4n) is 0.431. The van der Waals surface area contributed by atoms with Crippen LogP contribution in [0.15, 0.2) is 22.7 Å². The van der Waals surface area contributed by atoms with Gasteiger partial charge in [0, 0.05) is 11.3 Å². The summed E-state index contributed by atoms with van der Waals surface area (Å²) in [6.07, 6.45) is 4.08. The van der Waals surface area contributed by atoms with Gasteiger partial charge in [-0.3, -0.25) is 0 Å². The lowest BCUT2D eigenvalue weighted by atomic mass is 10.4. The van der Waals surface area contributed by atoms with Gasteiger partial charge in [0.2, 0.25) is 0 Å². The summed E-state index contributed by atoms with van der Waals surface area (Å²) in [5.41, 5.74) is 0. The summed E-state index contributed by atoms with van der Waals surface area (Å²) >= 11 is 1.57. The summed E-state index contributed by atoms with van der Waals surface area (Å²) < 4.78 is 0. The Morgan fingerprint density at radius 1 is 1.86 bits per heavy atom. The number of hydrogen-bond acceptors (Lipinski definition) is 2. The van der Waals surface area contributed by atoms with E-state index in [2.05, 4.69) is 0 Å². The van der Waals surface area contributed by atoms with Gasteiger partial charge in [-0.05, 0) is 5.41 Å². The third-order valence-corrected chi connectivity index (χ3v) is 1.68. The molecule has 0 spiro atoms. The van der Waals surface area contributed by atoms with Crippen molar-refractivity contribution in [1.29, 1.82) is 0 Å². The lowest BCUT2D eigenvalue weighted by Crippen LogP contribution is -1.62. The normalized spacial score (nSPS) is 24.3. The predicted octanol–water partition coefficient (Wildman–Crippen LogP) is 2.04. The zero-order chi connectivity index (χ0) is 5.11. The fourth-order valence-corrected chi connectivity index (χ4v) is 1.05. The largest absolute Gasteiger partial charge is 0.515 e. The lowest BCUT2D eigenvalue weighted by molar-refractivity contribution is 0.470. The van der Waals surface area contributed by atoms with Crippen molar-refractivity contribution < 1.29 is 5.11 Å². The molecule has 1 rings (SSSR count). The highest BCUT2D eigenvalue weighted by Gasteiger charge is 1.97. The first-order valence-corrected chi connectivity index (χ1v) is 2.96. The highest BCUT2D eigenvalue weighted by atomic mass is 32.2. The highest BCUT2D eigenvalue weighted by molar-refractivity contribution is 8.06. The van der Waals surface area contributed by atoms with Crippen LogP contribution in [0.3, 0.4) is 0 Å². The average Bonchev–Trinajstić information content (AvgIpc) is 2.14. The predicted molar refractivity (Wildman–Crippen MR) is 32.1 cm³/mol. The molecule has 38 valence electrons. The van der Waals surface area contributed by atoms with Crippen molar-refractivity contribution in [2.75, 3.05) is 0 Å². The molecule has 0 radical (unpaired) electrons. The molecule has 0 atom stereocenters. The van der Waals surface area contributed by atoms with Gasteiger partial charge in [-0.1, -0.05) is 17.8 Å². The van der Waals surface area contributed by atoms with Crippen molar-refractivity contribution in [3.63, 3.8) is 0 Å². The van der Waals surface area contributed by atoms with Crippen molar-refractivity contribution in [2.45, 2.75) is 6.42 Å². The molecule has 0 aliphatic carbocycles. The maximum absolute atomic E-state index is 8.34. The number of rotatable bonds is 0. The number of allylic oxidation sites excluding steroid dienone is 2. The molecule has 1 nitrogen and oxygen atoms in total. The van der Waals surface area contributed by atoms with E-state index in [1.807, 2.05) is 11.5 Å². The van der Waals surface area contributed by atoms with Crippen LogP contribution in [0.2, 0.25) is 0 Å². The average molecular weight is 114 g/mol. The Morgan fingerprint density at radius 2 is 2.71 bits per heavy atom. The lowest BCUT2D eigenvalue weighted by Gasteiger charge is -1.84. The fraction of sp³-hybridized carbons (Fsp3) is 0.200.